The first-order valence-electron chi connectivity index (χ1n) is 12.4. The molecule has 5 rings (SSSR count). The minimum absolute atomic E-state index is 0.0943. The molecule has 2 heterocycles. The molecule has 196 valence electrons. The molecule has 1 saturated heterocycles. The fraction of sp³-hybridized carbons (Fsp3) is 0.250. The molecular weight excluding hydrogens is 502 g/mol. The first kappa shape index (κ1) is 25.8. The zero-order valence-electron chi connectivity index (χ0n) is 21.2. The molecule has 9 nitrogen and oxygen atoms in total. The molecule has 3 aromatic carbocycles. The van der Waals surface area contributed by atoms with E-state index in [0.717, 1.165) is 29.3 Å². The molecule has 1 aliphatic rings. The Hall–Kier alpha value is -3.86. The Kier molecular flexibility index (Phi) is 7.37. The zero-order valence-corrected chi connectivity index (χ0v) is 22.0. The monoisotopic (exact) mass is 531 g/mol. The third-order valence-corrected chi connectivity index (χ3v) is 8.17. The lowest BCUT2D eigenvalue weighted by Gasteiger charge is -2.15. The van der Waals surface area contributed by atoms with Crippen LogP contribution < -0.4 is 15.4 Å². The molecule has 0 saturated carbocycles. The van der Waals surface area contributed by atoms with E-state index in [4.69, 9.17) is 4.74 Å². The van der Waals surface area contributed by atoms with E-state index in [1.807, 2.05) is 30.3 Å². The Morgan fingerprint density at radius 1 is 1.03 bits per heavy atom. The van der Waals surface area contributed by atoms with Gasteiger partial charge in [-0.25, -0.2) is 13.1 Å². The summed E-state index contributed by atoms with van der Waals surface area (Å²) in [6.07, 6.45) is 1.70. The van der Waals surface area contributed by atoms with Crippen LogP contribution in [0.2, 0.25) is 0 Å². The maximum Gasteiger partial charge on any atom is 0.251 e. The van der Waals surface area contributed by atoms with E-state index >= 15 is 0 Å². The van der Waals surface area contributed by atoms with Crippen molar-refractivity contribution in [3.8, 4) is 11.3 Å². The average molecular weight is 532 g/mol. The van der Waals surface area contributed by atoms with Gasteiger partial charge in [-0.05, 0) is 55.7 Å². The van der Waals surface area contributed by atoms with Crippen molar-refractivity contribution in [2.45, 2.75) is 30.8 Å². The predicted molar refractivity (Wildman–Crippen MR) is 147 cm³/mol. The molecule has 0 radical (unpaired) electrons. The van der Waals surface area contributed by atoms with Crippen molar-refractivity contribution in [2.24, 2.45) is 0 Å². The van der Waals surface area contributed by atoms with Gasteiger partial charge in [0, 0.05) is 47.8 Å². The lowest BCUT2D eigenvalue weighted by molar-refractivity contribution is 0.0963. The third-order valence-electron chi connectivity index (χ3n) is 6.60. The average Bonchev–Trinajstić information content (AvgIpc) is 3.46. The summed E-state index contributed by atoms with van der Waals surface area (Å²) in [6.45, 7) is 2.69. The number of ether oxygens (including phenoxy) is 1. The highest BCUT2D eigenvalue weighted by atomic mass is 32.2. The second-order valence-corrected chi connectivity index (χ2v) is 10.9. The first-order chi connectivity index (χ1) is 18.4. The van der Waals surface area contributed by atoms with Crippen molar-refractivity contribution in [1.29, 1.82) is 0 Å². The highest BCUT2D eigenvalue weighted by Crippen LogP contribution is 2.33. The number of sulfonamides is 1. The van der Waals surface area contributed by atoms with E-state index in [2.05, 4.69) is 25.6 Å². The Labute approximate surface area is 221 Å². The molecule has 1 fully saturated rings. The van der Waals surface area contributed by atoms with E-state index in [-0.39, 0.29) is 23.5 Å². The molecule has 0 aliphatic carbocycles. The maximum absolute atomic E-state index is 13.2. The second kappa shape index (κ2) is 10.9. The van der Waals surface area contributed by atoms with Crippen LogP contribution in [0.15, 0.2) is 71.6 Å². The van der Waals surface area contributed by atoms with E-state index in [0.29, 0.717) is 34.8 Å². The molecule has 0 bridgehead atoms. The van der Waals surface area contributed by atoms with Crippen molar-refractivity contribution in [3.05, 3.63) is 77.9 Å². The number of carbonyl (C=O) groups excluding carboxylic acids is 1. The van der Waals surface area contributed by atoms with Crippen LogP contribution in [0.25, 0.3) is 22.0 Å². The molecule has 1 aromatic heterocycles. The molecule has 1 aliphatic heterocycles. The topological polar surface area (TPSA) is 122 Å². The van der Waals surface area contributed by atoms with Crippen LogP contribution in [-0.4, -0.2) is 50.8 Å². The van der Waals surface area contributed by atoms with Gasteiger partial charge in [-0.2, -0.15) is 0 Å². The van der Waals surface area contributed by atoms with E-state index in [1.54, 1.807) is 50.4 Å². The zero-order chi connectivity index (χ0) is 26.7. The number of aromatic nitrogens is 2. The van der Waals surface area contributed by atoms with Gasteiger partial charge in [-0.15, -0.1) is 10.2 Å². The number of aryl methyl sites for hydroxylation is 1. The Balaban J connectivity index is 1.46. The highest BCUT2D eigenvalue weighted by Gasteiger charge is 2.23. The van der Waals surface area contributed by atoms with Gasteiger partial charge in [-0.3, -0.25) is 4.79 Å². The molecule has 0 unspecified atom stereocenters. The van der Waals surface area contributed by atoms with Crippen molar-refractivity contribution in [2.75, 3.05) is 25.5 Å². The fourth-order valence-electron chi connectivity index (χ4n) is 4.52. The third kappa shape index (κ3) is 5.38. The van der Waals surface area contributed by atoms with Gasteiger partial charge in [0.25, 0.3) is 5.91 Å². The Morgan fingerprint density at radius 3 is 2.50 bits per heavy atom. The molecule has 3 N–H and O–H groups in total. The largest absolute Gasteiger partial charge is 0.377 e. The summed E-state index contributed by atoms with van der Waals surface area (Å²) in [4.78, 5) is 12.0. The van der Waals surface area contributed by atoms with Gasteiger partial charge in [0.05, 0.1) is 11.0 Å². The standard InChI is InChI=1S/C28H29N5O4S/c1-18-9-10-20(16-25(18)38(35,36)30-17-22-6-5-15-37-22)26-23-7-3-4-8-24(23)27(33-32-26)31-21-13-11-19(12-14-21)28(34)29-2/h3-4,7-14,16,22,30H,5-6,15,17H2,1-2H3,(H,29,34)(H,31,33)/t22-/m1/s1. The number of rotatable bonds is 8. The lowest BCUT2D eigenvalue weighted by Crippen LogP contribution is -2.32. The number of hydrogen-bond acceptors (Lipinski definition) is 7. The number of hydrogen-bond donors (Lipinski definition) is 3. The van der Waals surface area contributed by atoms with Gasteiger partial charge >= 0.3 is 0 Å². The van der Waals surface area contributed by atoms with Crippen LogP contribution in [0, 0.1) is 6.92 Å². The fourth-order valence-corrected chi connectivity index (χ4v) is 5.85. The van der Waals surface area contributed by atoms with Gasteiger partial charge in [0.2, 0.25) is 10.0 Å². The number of fused-ring (bicyclic) bond motifs is 1. The predicted octanol–water partition coefficient (Wildman–Crippen LogP) is 4.17. The van der Waals surface area contributed by atoms with E-state index in [1.165, 1.54) is 0 Å². The number of nitrogens with zero attached hydrogens (tertiary/aromatic N) is 2. The van der Waals surface area contributed by atoms with Gasteiger partial charge in [0.15, 0.2) is 5.82 Å². The number of anilines is 2. The lowest BCUT2D eigenvalue weighted by atomic mass is 10.0. The van der Waals surface area contributed by atoms with Crippen molar-refractivity contribution in [1.82, 2.24) is 20.2 Å². The smallest absolute Gasteiger partial charge is 0.251 e. The molecular formula is C28H29N5O4S. The van der Waals surface area contributed by atoms with Crippen LogP contribution in [0.5, 0.6) is 0 Å². The van der Waals surface area contributed by atoms with Crippen molar-refractivity contribution in [3.63, 3.8) is 0 Å². The second-order valence-electron chi connectivity index (χ2n) is 9.19. The summed E-state index contributed by atoms with van der Waals surface area (Å²) in [6, 6.07) is 20.0. The summed E-state index contributed by atoms with van der Waals surface area (Å²) in [5.41, 5.74) is 3.19. The van der Waals surface area contributed by atoms with Crippen LogP contribution in [0.1, 0.15) is 28.8 Å². The van der Waals surface area contributed by atoms with Crippen LogP contribution in [-0.2, 0) is 14.8 Å². The molecule has 1 amide bonds. The normalized spacial score (nSPS) is 15.5. The summed E-state index contributed by atoms with van der Waals surface area (Å²) in [5, 5.41) is 16.4. The Bertz CT molecular complexity index is 1580. The van der Waals surface area contributed by atoms with Crippen LogP contribution in [0.3, 0.4) is 0 Å². The first-order valence-corrected chi connectivity index (χ1v) is 13.9. The molecule has 1 atom stereocenters. The molecule has 38 heavy (non-hydrogen) atoms. The minimum Gasteiger partial charge on any atom is -0.377 e. The highest BCUT2D eigenvalue weighted by molar-refractivity contribution is 7.89. The quantitative estimate of drug-likeness (QED) is 0.312. The van der Waals surface area contributed by atoms with Crippen molar-refractivity contribution < 1.29 is 17.9 Å². The Morgan fingerprint density at radius 2 is 1.79 bits per heavy atom. The summed E-state index contributed by atoms with van der Waals surface area (Å²) < 4.78 is 34.6. The molecule has 10 heteroatoms. The van der Waals surface area contributed by atoms with Gasteiger partial charge < -0.3 is 15.4 Å². The minimum atomic E-state index is -3.74. The number of nitrogens with one attached hydrogen (secondary N) is 3. The van der Waals surface area contributed by atoms with Crippen LogP contribution >= 0.6 is 0 Å². The number of carbonyl (C=O) groups is 1. The number of amides is 1. The van der Waals surface area contributed by atoms with E-state index in [9.17, 15) is 13.2 Å². The summed E-state index contributed by atoms with van der Waals surface area (Å²) in [5.74, 6) is 0.392. The summed E-state index contributed by atoms with van der Waals surface area (Å²) in [7, 11) is -2.15. The van der Waals surface area contributed by atoms with Gasteiger partial charge in [-0.1, -0.05) is 36.4 Å². The van der Waals surface area contributed by atoms with Crippen LogP contribution in [0.4, 0.5) is 11.5 Å². The van der Waals surface area contributed by atoms with Crippen molar-refractivity contribution >= 4 is 38.2 Å². The van der Waals surface area contributed by atoms with Gasteiger partial charge in [0.1, 0.15) is 5.69 Å². The number of benzene rings is 3. The molecule has 4 aromatic rings. The summed E-state index contributed by atoms with van der Waals surface area (Å²) >= 11 is 0. The maximum atomic E-state index is 13.2. The SMILES string of the molecule is CNC(=O)c1ccc(Nc2nnc(-c3ccc(C)c(S(=O)(=O)NC[C@H]4CCCO4)c3)c3ccccc23)cc1. The molecule has 0 spiro atoms. The van der Waals surface area contributed by atoms with E-state index < -0.39 is 10.0 Å².